The molecule has 1 aromatic rings. The minimum absolute atomic E-state index is 0.290. The zero-order chi connectivity index (χ0) is 10.6. The molecule has 0 aromatic carbocycles. The Labute approximate surface area is 82.5 Å². The number of carboxylic acids is 2. The van der Waals surface area contributed by atoms with Crippen LogP contribution in [0.25, 0.3) is 0 Å². The zero-order valence-corrected chi connectivity index (χ0v) is 7.69. The number of nitrogens with zero attached hydrogens (tertiary/aromatic N) is 2. The van der Waals surface area contributed by atoms with E-state index in [2.05, 4.69) is 15.2 Å². The molecule has 1 aromatic heterocycles. The molecule has 3 N–H and O–H groups in total. The lowest BCUT2D eigenvalue weighted by Crippen LogP contribution is -2.20. The van der Waals surface area contributed by atoms with Crippen molar-refractivity contribution in [2.75, 3.05) is 0 Å². The van der Waals surface area contributed by atoms with Gasteiger partial charge in [0.25, 0.3) is 0 Å². The highest BCUT2D eigenvalue weighted by atomic mass is 32.2. The smallest absolute Gasteiger partial charge is 0.317 e. The van der Waals surface area contributed by atoms with Crippen molar-refractivity contribution >= 4 is 23.7 Å². The van der Waals surface area contributed by atoms with E-state index in [-0.39, 0.29) is 0 Å². The Morgan fingerprint density at radius 2 is 2.29 bits per heavy atom. The fourth-order valence-electron chi connectivity index (χ4n) is 0.724. The van der Waals surface area contributed by atoms with Crippen LogP contribution in [0.3, 0.4) is 0 Å². The summed E-state index contributed by atoms with van der Waals surface area (Å²) >= 11 is 0.822. The van der Waals surface area contributed by atoms with E-state index in [4.69, 9.17) is 10.2 Å². The molecule has 7 nitrogen and oxygen atoms in total. The van der Waals surface area contributed by atoms with E-state index in [0.717, 1.165) is 11.8 Å². The van der Waals surface area contributed by atoms with Gasteiger partial charge < -0.3 is 10.2 Å². The van der Waals surface area contributed by atoms with E-state index in [1.807, 2.05) is 0 Å². The average molecular weight is 217 g/mol. The predicted octanol–water partition coefficient (Wildman–Crippen LogP) is -0.175. The molecular weight excluding hydrogens is 210 g/mol. The van der Waals surface area contributed by atoms with Gasteiger partial charge in [-0.2, -0.15) is 5.10 Å². The maximum absolute atomic E-state index is 10.6. The number of hydrogen-bond acceptors (Lipinski definition) is 5. The number of thioether (sulfide) groups is 1. The van der Waals surface area contributed by atoms with Gasteiger partial charge in [0, 0.05) is 0 Å². The minimum atomic E-state index is -1.19. The third-order valence-electron chi connectivity index (χ3n) is 1.28. The summed E-state index contributed by atoms with van der Waals surface area (Å²) in [6.07, 6.45) is 0.767. The van der Waals surface area contributed by atoms with E-state index in [1.165, 1.54) is 6.33 Å². The average Bonchev–Trinajstić information content (AvgIpc) is 2.54. The van der Waals surface area contributed by atoms with Crippen LogP contribution < -0.4 is 0 Å². The van der Waals surface area contributed by atoms with Gasteiger partial charge in [-0.15, -0.1) is 0 Å². The highest BCUT2D eigenvalue weighted by Crippen LogP contribution is 2.21. The Balaban J connectivity index is 2.60. The number of aromatic nitrogens is 3. The van der Waals surface area contributed by atoms with E-state index < -0.39 is 23.6 Å². The van der Waals surface area contributed by atoms with Gasteiger partial charge in [-0.3, -0.25) is 14.7 Å². The highest BCUT2D eigenvalue weighted by Gasteiger charge is 2.23. The molecule has 0 amide bonds. The first-order chi connectivity index (χ1) is 6.59. The van der Waals surface area contributed by atoms with Crippen LogP contribution in [0.5, 0.6) is 0 Å². The number of hydrogen-bond donors (Lipinski definition) is 3. The van der Waals surface area contributed by atoms with Crippen molar-refractivity contribution in [3.63, 3.8) is 0 Å². The Morgan fingerprint density at radius 1 is 1.57 bits per heavy atom. The summed E-state index contributed by atoms with van der Waals surface area (Å²) in [5, 5.41) is 22.3. The largest absolute Gasteiger partial charge is 0.481 e. The molecule has 0 saturated carbocycles. The Bertz CT molecular complexity index is 326. The van der Waals surface area contributed by atoms with Crippen LogP contribution in [0.2, 0.25) is 0 Å². The standard InChI is InChI=1S/C6H7N3O4S/c10-4(11)1-3(5(12)13)14-6-7-2-8-9-6/h2-3H,1H2,(H,10,11)(H,12,13)(H,7,8,9). The Morgan fingerprint density at radius 3 is 2.71 bits per heavy atom. The van der Waals surface area contributed by atoms with Crippen molar-refractivity contribution in [3.8, 4) is 0 Å². The van der Waals surface area contributed by atoms with Gasteiger partial charge in [0.15, 0.2) is 5.16 Å². The summed E-state index contributed by atoms with van der Waals surface area (Å²) in [5.74, 6) is -2.35. The zero-order valence-electron chi connectivity index (χ0n) is 6.88. The molecule has 0 fully saturated rings. The molecule has 0 aliphatic carbocycles. The van der Waals surface area contributed by atoms with E-state index in [1.54, 1.807) is 0 Å². The minimum Gasteiger partial charge on any atom is -0.481 e. The molecule has 0 aliphatic heterocycles. The topological polar surface area (TPSA) is 116 Å². The summed E-state index contributed by atoms with van der Waals surface area (Å²) in [5.41, 5.74) is 0. The number of carboxylic acid groups (broad SMARTS) is 2. The summed E-state index contributed by atoms with van der Waals surface area (Å²) in [4.78, 5) is 24.6. The van der Waals surface area contributed by atoms with Crippen LogP contribution in [0.1, 0.15) is 6.42 Å². The van der Waals surface area contributed by atoms with Crippen molar-refractivity contribution < 1.29 is 19.8 Å². The van der Waals surface area contributed by atoms with Gasteiger partial charge in [-0.25, -0.2) is 4.98 Å². The molecule has 0 radical (unpaired) electrons. The molecule has 1 atom stereocenters. The van der Waals surface area contributed by atoms with Crippen molar-refractivity contribution in [2.24, 2.45) is 0 Å². The maximum Gasteiger partial charge on any atom is 0.317 e. The third kappa shape index (κ3) is 3.05. The molecule has 14 heavy (non-hydrogen) atoms. The lowest BCUT2D eigenvalue weighted by atomic mass is 10.3. The second-order valence-electron chi connectivity index (χ2n) is 2.33. The first-order valence-electron chi connectivity index (χ1n) is 3.56. The molecule has 0 bridgehead atoms. The highest BCUT2D eigenvalue weighted by molar-refractivity contribution is 8.00. The number of aliphatic carboxylic acids is 2. The third-order valence-corrected chi connectivity index (χ3v) is 2.36. The Hall–Kier alpha value is -1.57. The lowest BCUT2D eigenvalue weighted by molar-refractivity contribution is -0.142. The monoisotopic (exact) mass is 217 g/mol. The first kappa shape index (κ1) is 10.5. The number of carbonyl (C=O) groups is 2. The molecule has 0 spiro atoms. The number of nitrogens with one attached hydrogen (secondary N) is 1. The lowest BCUT2D eigenvalue weighted by Gasteiger charge is -2.05. The van der Waals surface area contributed by atoms with Crippen LogP contribution in [-0.2, 0) is 9.59 Å². The maximum atomic E-state index is 10.6. The van der Waals surface area contributed by atoms with Gasteiger partial charge in [-0.05, 0) is 0 Å². The molecule has 1 unspecified atom stereocenters. The van der Waals surface area contributed by atoms with Crippen LogP contribution >= 0.6 is 11.8 Å². The molecule has 76 valence electrons. The number of aromatic amines is 1. The second kappa shape index (κ2) is 4.61. The van der Waals surface area contributed by atoms with Crippen LogP contribution in [-0.4, -0.2) is 42.6 Å². The summed E-state index contributed by atoms with van der Waals surface area (Å²) in [7, 11) is 0. The van der Waals surface area contributed by atoms with Crippen molar-refractivity contribution in [1.82, 2.24) is 15.2 Å². The van der Waals surface area contributed by atoms with Crippen molar-refractivity contribution in [1.29, 1.82) is 0 Å². The van der Waals surface area contributed by atoms with Gasteiger partial charge in [0.05, 0.1) is 6.42 Å². The van der Waals surface area contributed by atoms with Crippen LogP contribution in [0.15, 0.2) is 11.5 Å². The van der Waals surface area contributed by atoms with Gasteiger partial charge in [-0.1, -0.05) is 11.8 Å². The van der Waals surface area contributed by atoms with Gasteiger partial charge in [0.1, 0.15) is 11.6 Å². The van der Waals surface area contributed by atoms with Gasteiger partial charge in [0.2, 0.25) is 0 Å². The summed E-state index contributed by atoms with van der Waals surface area (Å²) < 4.78 is 0. The molecule has 1 rings (SSSR count). The molecule has 0 aliphatic rings. The molecule has 8 heteroatoms. The van der Waals surface area contributed by atoms with Gasteiger partial charge >= 0.3 is 11.9 Å². The first-order valence-corrected chi connectivity index (χ1v) is 4.44. The van der Waals surface area contributed by atoms with E-state index in [9.17, 15) is 9.59 Å². The summed E-state index contributed by atoms with van der Waals surface area (Å²) in [6, 6.07) is 0. The van der Waals surface area contributed by atoms with Crippen LogP contribution in [0, 0.1) is 0 Å². The Kier molecular flexibility index (Phi) is 3.46. The molecular formula is C6H7N3O4S. The van der Waals surface area contributed by atoms with Crippen LogP contribution in [0.4, 0.5) is 0 Å². The number of rotatable bonds is 5. The van der Waals surface area contributed by atoms with Crippen molar-refractivity contribution in [3.05, 3.63) is 6.33 Å². The fraction of sp³-hybridized carbons (Fsp3) is 0.333. The summed E-state index contributed by atoms with van der Waals surface area (Å²) in [6.45, 7) is 0. The fourth-order valence-corrected chi connectivity index (χ4v) is 1.53. The second-order valence-corrected chi connectivity index (χ2v) is 3.52. The normalized spacial score (nSPS) is 12.3. The van der Waals surface area contributed by atoms with Crippen molar-refractivity contribution in [2.45, 2.75) is 16.8 Å². The van der Waals surface area contributed by atoms with E-state index >= 15 is 0 Å². The predicted molar refractivity (Wildman–Crippen MR) is 45.9 cm³/mol. The number of H-pyrrole nitrogens is 1. The quantitative estimate of drug-likeness (QED) is 0.586. The SMILES string of the molecule is O=C(O)CC(Sc1ncn[nH]1)C(=O)O. The molecule has 1 heterocycles. The van der Waals surface area contributed by atoms with E-state index in [0.29, 0.717) is 5.16 Å². The molecule has 0 saturated heterocycles.